The third kappa shape index (κ3) is 4.25. The molecule has 0 aromatic heterocycles. The van der Waals surface area contributed by atoms with Gasteiger partial charge in [-0.15, -0.1) is 0 Å². The second kappa shape index (κ2) is 7.10. The van der Waals surface area contributed by atoms with E-state index in [-0.39, 0.29) is 30.0 Å². The zero-order chi connectivity index (χ0) is 13.6. The monoisotopic (exact) mass is 256 g/mol. The first-order chi connectivity index (χ1) is 8.52. The lowest BCUT2D eigenvalue weighted by atomic mass is 9.90. The third-order valence-electron chi connectivity index (χ3n) is 4.28. The van der Waals surface area contributed by atoms with E-state index in [1.165, 1.54) is 6.42 Å². The van der Waals surface area contributed by atoms with Gasteiger partial charge < -0.3 is 16.2 Å². The molecule has 3 unspecified atom stereocenters. The molecule has 1 aliphatic rings. The molecule has 4 nitrogen and oxygen atoms in total. The average molecular weight is 256 g/mol. The first kappa shape index (κ1) is 15.4. The Labute approximate surface area is 110 Å². The highest BCUT2D eigenvalue weighted by atomic mass is 16.3. The zero-order valence-electron chi connectivity index (χ0n) is 11.7. The number of aliphatic hydroxyl groups is 1. The molecule has 1 aliphatic carbocycles. The minimum absolute atomic E-state index is 0.0114. The molecule has 0 aromatic rings. The normalized spacial score (nSPS) is 28.2. The van der Waals surface area contributed by atoms with Crippen LogP contribution >= 0.6 is 0 Å². The van der Waals surface area contributed by atoms with E-state index in [0.29, 0.717) is 6.42 Å². The summed E-state index contributed by atoms with van der Waals surface area (Å²) >= 11 is 0. The molecule has 1 saturated carbocycles. The van der Waals surface area contributed by atoms with Crippen molar-refractivity contribution in [1.82, 2.24) is 5.32 Å². The Morgan fingerprint density at radius 3 is 2.67 bits per heavy atom. The molecule has 1 amide bonds. The minimum Gasteiger partial charge on any atom is -0.396 e. The van der Waals surface area contributed by atoms with Gasteiger partial charge in [0.25, 0.3) is 0 Å². The highest BCUT2D eigenvalue weighted by molar-refractivity contribution is 5.80. The first-order valence-electron chi connectivity index (χ1n) is 7.21. The van der Waals surface area contributed by atoms with E-state index in [9.17, 15) is 4.79 Å². The van der Waals surface area contributed by atoms with Crippen molar-refractivity contribution < 1.29 is 9.90 Å². The quantitative estimate of drug-likeness (QED) is 0.653. The zero-order valence-corrected chi connectivity index (χ0v) is 11.7. The summed E-state index contributed by atoms with van der Waals surface area (Å²) in [5.41, 5.74) is 5.80. The Hall–Kier alpha value is -0.610. The van der Waals surface area contributed by atoms with Crippen molar-refractivity contribution in [3.63, 3.8) is 0 Å². The lowest BCUT2D eigenvalue weighted by Crippen LogP contribution is -2.51. The van der Waals surface area contributed by atoms with Gasteiger partial charge in [-0.3, -0.25) is 4.79 Å². The lowest BCUT2D eigenvalue weighted by Gasteiger charge is -2.32. The van der Waals surface area contributed by atoms with Crippen molar-refractivity contribution in [2.45, 2.75) is 70.4 Å². The molecular weight excluding hydrogens is 228 g/mol. The van der Waals surface area contributed by atoms with Gasteiger partial charge in [0.05, 0.1) is 5.92 Å². The van der Waals surface area contributed by atoms with Crippen molar-refractivity contribution in [2.24, 2.45) is 11.7 Å². The van der Waals surface area contributed by atoms with E-state index in [1.807, 2.05) is 13.8 Å². The Bertz CT molecular complexity index is 271. The topological polar surface area (TPSA) is 75.3 Å². The lowest BCUT2D eigenvalue weighted by molar-refractivity contribution is -0.127. The molecule has 0 aliphatic heterocycles. The summed E-state index contributed by atoms with van der Waals surface area (Å²) in [6.07, 6.45) is 6.66. The standard InChI is InChI=1S/C14H28N2O2/c1-3-14(2,9-10-17)16-13(18)11-7-5-4-6-8-12(11)15/h11-12,17H,3-10,15H2,1-2H3,(H,16,18). The second-order valence-electron chi connectivity index (χ2n) is 5.79. The minimum atomic E-state index is -0.308. The van der Waals surface area contributed by atoms with Gasteiger partial charge in [0.1, 0.15) is 0 Å². The van der Waals surface area contributed by atoms with Crippen LogP contribution in [0, 0.1) is 5.92 Å². The van der Waals surface area contributed by atoms with Crippen LogP contribution in [0.2, 0.25) is 0 Å². The number of aliphatic hydroxyl groups excluding tert-OH is 1. The van der Waals surface area contributed by atoms with Crippen LogP contribution in [0.15, 0.2) is 0 Å². The fraction of sp³-hybridized carbons (Fsp3) is 0.929. The van der Waals surface area contributed by atoms with Crippen LogP contribution in [0.1, 0.15) is 58.8 Å². The van der Waals surface area contributed by atoms with Gasteiger partial charge in [-0.1, -0.05) is 26.2 Å². The van der Waals surface area contributed by atoms with E-state index >= 15 is 0 Å². The van der Waals surface area contributed by atoms with Gasteiger partial charge in [0.15, 0.2) is 0 Å². The summed E-state index contributed by atoms with van der Waals surface area (Å²) < 4.78 is 0. The van der Waals surface area contributed by atoms with Gasteiger partial charge in [0.2, 0.25) is 5.91 Å². The summed E-state index contributed by atoms with van der Waals surface area (Å²) in [5.74, 6) is 0.0132. The molecule has 0 saturated heterocycles. The van der Waals surface area contributed by atoms with Crippen LogP contribution in [0.3, 0.4) is 0 Å². The average Bonchev–Trinajstić information content (AvgIpc) is 2.54. The second-order valence-corrected chi connectivity index (χ2v) is 5.79. The van der Waals surface area contributed by atoms with E-state index in [0.717, 1.165) is 32.1 Å². The van der Waals surface area contributed by atoms with Crippen molar-refractivity contribution in [3.05, 3.63) is 0 Å². The van der Waals surface area contributed by atoms with Crippen molar-refractivity contribution in [3.8, 4) is 0 Å². The summed E-state index contributed by atoms with van der Waals surface area (Å²) in [6, 6.07) is -0.0114. The van der Waals surface area contributed by atoms with Crippen LogP contribution in [-0.2, 0) is 4.79 Å². The fourth-order valence-corrected chi connectivity index (χ4v) is 2.63. The van der Waals surface area contributed by atoms with Crippen molar-refractivity contribution >= 4 is 5.91 Å². The number of rotatable bonds is 5. The molecule has 18 heavy (non-hydrogen) atoms. The maximum absolute atomic E-state index is 12.3. The summed E-state index contributed by atoms with van der Waals surface area (Å²) in [5, 5.41) is 12.2. The SMILES string of the molecule is CCC(C)(CCO)NC(=O)C1CCCCCC1N. The molecule has 0 aromatic carbocycles. The highest BCUT2D eigenvalue weighted by Gasteiger charge is 2.31. The van der Waals surface area contributed by atoms with E-state index in [2.05, 4.69) is 5.32 Å². The highest BCUT2D eigenvalue weighted by Crippen LogP contribution is 2.24. The number of nitrogens with two attached hydrogens (primary N) is 1. The van der Waals surface area contributed by atoms with Gasteiger partial charge in [-0.05, 0) is 32.6 Å². The smallest absolute Gasteiger partial charge is 0.225 e. The van der Waals surface area contributed by atoms with Crippen LogP contribution in [0.4, 0.5) is 0 Å². The first-order valence-corrected chi connectivity index (χ1v) is 7.21. The predicted octanol–water partition coefficient (Wildman–Crippen LogP) is 1.56. The van der Waals surface area contributed by atoms with Gasteiger partial charge >= 0.3 is 0 Å². The van der Waals surface area contributed by atoms with Gasteiger partial charge in [-0.2, -0.15) is 0 Å². The Morgan fingerprint density at radius 1 is 1.39 bits per heavy atom. The molecule has 1 rings (SSSR count). The number of hydrogen-bond donors (Lipinski definition) is 3. The Balaban J connectivity index is 2.61. The Morgan fingerprint density at radius 2 is 2.06 bits per heavy atom. The number of carbonyl (C=O) groups excluding carboxylic acids is 1. The molecule has 3 atom stereocenters. The predicted molar refractivity (Wildman–Crippen MR) is 73.1 cm³/mol. The molecule has 0 heterocycles. The summed E-state index contributed by atoms with van der Waals surface area (Å²) in [7, 11) is 0. The van der Waals surface area contributed by atoms with E-state index in [4.69, 9.17) is 10.8 Å². The van der Waals surface area contributed by atoms with Crippen LogP contribution in [0.25, 0.3) is 0 Å². The Kier molecular flexibility index (Phi) is 6.09. The molecule has 0 bridgehead atoms. The summed E-state index contributed by atoms with van der Waals surface area (Å²) in [4.78, 5) is 12.3. The molecule has 106 valence electrons. The molecule has 1 fully saturated rings. The number of carbonyl (C=O) groups is 1. The van der Waals surface area contributed by atoms with Crippen molar-refractivity contribution in [2.75, 3.05) is 6.61 Å². The number of hydrogen-bond acceptors (Lipinski definition) is 3. The van der Waals surface area contributed by atoms with E-state index < -0.39 is 0 Å². The third-order valence-corrected chi connectivity index (χ3v) is 4.28. The van der Waals surface area contributed by atoms with Crippen LogP contribution < -0.4 is 11.1 Å². The van der Waals surface area contributed by atoms with Gasteiger partial charge in [-0.25, -0.2) is 0 Å². The fourth-order valence-electron chi connectivity index (χ4n) is 2.63. The number of amides is 1. The van der Waals surface area contributed by atoms with Gasteiger partial charge in [0, 0.05) is 18.2 Å². The molecular formula is C14H28N2O2. The molecule has 4 heteroatoms. The molecule has 0 spiro atoms. The maximum Gasteiger partial charge on any atom is 0.225 e. The van der Waals surface area contributed by atoms with Crippen LogP contribution in [-0.4, -0.2) is 29.2 Å². The largest absolute Gasteiger partial charge is 0.396 e. The van der Waals surface area contributed by atoms with Crippen molar-refractivity contribution in [1.29, 1.82) is 0 Å². The molecule has 0 radical (unpaired) electrons. The van der Waals surface area contributed by atoms with E-state index in [1.54, 1.807) is 0 Å². The maximum atomic E-state index is 12.3. The number of nitrogens with one attached hydrogen (secondary N) is 1. The molecule has 4 N–H and O–H groups in total. The summed E-state index contributed by atoms with van der Waals surface area (Å²) in [6.45, 7) is 4.12. The van der Waals surface area contributed by atoms with Crippen LogP contribution in [0.5, 0.6) is 0 Å².